The highest BCUT2D eigenvalue weighted by atomic mass is 19.1. The molecule has 0 aliphatic heterocycles. The lowest BCUT2D eigenvalue weighted by molar-refractivity contribution is 0.0601. The summed E-state index contributed by atoms with van der Waals surface area (Å²) >= 11 is 0. The lowest BCUT2D eigenvalue weighted by atomic mass is 10.2. The summed E-state index contributed by atoms with van der Waals surface area (Å²) in [6, 6.07) is 16.8. The van der Waals surface area contributed by atoms with Crippen LogP contribution in [0, 0.1) is 5.82 Å². The molecule has 7 heteroatoms. The summed E-state index contributed by atoms with van der Waals surface area (Å²) < 4.78 is 29.4. The van der Waals surface area contributed by atoms with Crippen LogP contribution >= 0.6 is 0 Å². The first-order chi connectivity index (χ1) is 14.6. The van der Waals surface area contributed by atoms with Crippen molar-refractivity contribution in [1.29, 1.82) is 0 Å². The van der Waals surface area contributed by atoms with Crippen LogP contribution in [0.3, 0.4) is 0 Å². The molecular formula is C23H19FN2O4. The number of H-pyrrole nitrogens is 1. The zero-order valence-corrected chi connectivity index (χ0v) is 16.4. The second-order valence-electron chi connectivity index (χ2n) is 6.59. The summed E-state index contributed by atoms with van der Waals surface area (Å²) in [6.07, 6.45) is 0. The molecule has 0 aliphatic rings. The number of hydrogen-bond donors (Lipinski definition) is 1. The first-order valence-electron chi connectivity index (χ1n) is 9.21. The summed E-state index contributed by atoms with van der Waals surface area (Å²) in [6.45, 7) is 0.217. The summed E-state index contributed by atoms with van der Waals surface area (Å²) in [4.78, 5) is 19.5. The number of fused-ring (bicyclic) bond motifs is 1. The van der Waals surface area contributed by atoms with Crippen molar-refractivity contribution >= 4 is 17.0 Å². The lowest BCUT2D eigenvalue weighted by Gasteiger charge is -2.12. The number of esters is 1. The van der Waals surface area contributed by atoms with E-state index in [4.69, 9.17) is 14.2 Å². The van der Waals surface area contributed by atoms with E-state index in [1.165, 1.54) is 19.2 Å². The van der Waals surface area contributed by atoms with E-state index in [2.05, 4.69) is 9.97 Å². The van der Waals surface area contributed by atoms with Crippen LogP contribution in [0.1, 0.15) is 15.9 Å². The molecule has 0 aliphatic carbocycles. The van der Waals surface area contributed by atoms with Gasteiger partial charge in [-0.2, -0.15) is 0 Å². The molecule has 6 nitrogen and oxygen atoms in total. The molecule has 0 spiro atoms. The van der Waals surface area contributed by atoms with E-state index in [0.29, 0.717) is 22.9 Å². The molecule has 0 amide bonds. The van der Waals surface area contributed by atoms with Crippen molar-refractivity contribution in [2.45, 2.75) is 6.61 Å². The predicted octanol–water partition coefficient (Wildman–Crippen LogP) is 4.74. The predicted molar refractivity (Wildman–Crippen MR) is 110 cm³/mol. The molecule has 0 fully saturated rings. The van der Waals surface area contributed by atoms with Crippen LogP contribution in [0.15, 0.2) is 60.7 Å². The third-order valence-electron chi connectivity index (χ3n) is 4.62. The molecule has 4 aromatic rings. The Morgan fingerprint density at radius 3 is 2.67 bits per heavy atom. The average molecular weight is 406 g/mol. The van der Waals surface area contributed by atoms with Gasteiger partial charge in [0.05, 0.1) is 30.8 Å². The quantitative estimate of drug-likeness (QED) is 0.468. The molecule has 152 valence electrons. The van der Waals surface area contributed by atoms with Gasteiger partial charge in [-0.3, -0.25) is 0 Å². The maximum Gasteiger partial charge on any atom is 0.337 e. The van der Waals surface area contributed by atoms with Gasteiger partial charge < -0.3 is 19.2 Å². The van der Waals surface area contributed by atoms with E-state index in [-0.39, 0.29) is 12.4 Å². The zero-order valence-electron chi connectivity index (χ0n) is 16.4. The number of halogens is 1. The number of methoxy groups -OCH3 is 2. The number of nitrogens with one attached hydrogen (secondary N) is 1. The Morgan fingerprint density at radius 2 is 1.90 bits per heavy atom. The van der Waals surface area contributed by atoms with Crippen LogP contribution < -0.4 is 9.47 Å². The number of imidazole rings is 1. The number of carbonyl (C=O) groups excluding carboxylic acids is 1. The highest BCUT2D eigenvalue weighted by Gasteiger charge is 2.13. The van der Waals surface area contributed by atoms with Gasteiger partial charge in [-0.25, -0.2) is 14.2 Å². The van der Waals surface area contributed by atoms with Gasteiger partial charge in [0.2, 0.25) is 0 Å². The minimum absolute atomic E-state index is 0.217. The van der Waals surface area contributed by atoms with E-state index in [1.807, 2.05) is 6.07 Å². The van der Waals surface area contributed by atoms with Crippen LogP contribution in [0.2, 0.25) is 0 Å². The minimum Gasteiger partial charge on any atom is -0.493 e. The summed E-state index contributed by atoms with van der Waals surface area (Å²) in [5.41, 5.74) is 3.40. The largest absolute Gasteiger partial charge is 0.493 e. The first-order valence-corrected chi connectivity index (χ1v) is 9.21. The number of carbonyl (C=O) groups is 1. The maximum atomic E-state index is 13.3. The van der Waals surface area contributed by atoms with Crippen molar-refractivity contribution < 1.29 is 23.4 Å². The van der Waals surface area contributed by atoms with E-state index in [9.17, 15) is 9.18 Å². The third kappa shape index (κ3) is 3.96. The highest BCUT2D eigenvalue weighted by molar-refractivity contribution is 5.94. The molecule has 4 rings (SSSR count). The van der Waals surface area contributed by atoms with Gasteiger partial charge in [0.1, 0.15) is 18.2 Å². The van der Waals surface area contributed by atoms with Crippen LogP contribution in [-0.4, -0.2) is 30.2 Å². The number of ether oxygens (including phenoxy) is 3. The standard InChI is InChI=1S/C23H19FN2O4/c1-28-21-12-15(7-9-20(21)30-13-14-4-3-5-17(24)10-14)22-25-18-8-6-16(23(27)29-2)11-19(18)26-22/h3-12H,13H2,1-2H3,(H,25,26). The first kappa shape index (κ1) is 19.4. The van der Waals surface area contributed by atoms with Gasteiger partial charge in [0.15, 0.2) is 11.5 Å². The number of aromatic nitrogens is 2. The van der Waals surface area contributed by atoms with Crippen LogP contribution in [0.5, 0.6) is 11.5 Å². The molecule has 0 atom stereocenters. The van der Waals surface area contributed by atoms with Gasteiger partial charge in [0.25, 0.3) is 0 Å². The SMILES string of the molecule is COC(=O)c1ccc2nc(-c3ccc(OCc4cccc(F)c4)c(OC)c3)[nH]c2c1. The molecular weight excluding hydrogens is 387 g/mol. The Morgan fingerprint density at radius 1 is 1.03 bits per heavy atom. The van der Waals surface area contributed by atoms with E-state index >= 15 is 0 Å². The van der Waals surface area contributed by atoms with Gasteiger partial charge in [-0.05, 0) is 54.1 Å². The Hall–Kier alpha value is -3.87. The van der Waals surface area contributed by atoms with Gasteiger partial charge in [-0.15, -0.1) is 0 Å². The van der Waals surface area contributed by atoms with Crippen LogP contribution in [-0.2, 0) is 11.3 Å². The molecule has 0 radical (unpaired) electrons. The highest BCUT2D eigenvalue weighted by Crippen LogP contribution is 2.33. The topological polar surface area (TPSA) is 73.4 Å². The lowest BCUT2D eigenvalue weighted by Crippen LogP contribution is -2.00. The van der Waals surface area contributed by atoms with Gasteiger partial charge in [0, 0.05) is 5.56 Å². The smallest absolute Gasteiger partial charge is 0.337 e. The maximum absolute atomic E-state index is 13.3. The monoisotopic (exact) mass is 406 g/mol. The van der Waals surface area contributed by atoms with Crippen molar-refractivity contribution in [2.24, 2.45) is 0 Å². The zero-order chi connectivity index (χ0) is 21.1. The Balaban J connectivity index is 1.59. The van der Waals surface area contributed by atoms with Crippen LogP contribution in [0.25, 0.3) is 22.4 Å². The molecule has 0 saturated heterocycles. The molecule has 3 aromatic carbocycles. The molecule has 0 bridgehead atoms. The fourth-order valence-electron chi connectivity index (χ4n) is 3.11. The Labute approximate surface area is 172 Å². The van der Waals surface area contributed by atoms with Crippen molar-refractivity contribution in [2.75, 3.05) is 14.2 Å². The van der Waals surface area contributed by atoms with Crippen molar-refractivity contribution in [3.05, 3.63) is 77.6 Å². The number of hydrogen-bond acceptors (Lipinski definition) is 5. The number of nitrogens with zero attached hydrogens (tertiary/aromatic N) is 1. The fourth-order valence-corrected chi connectivity index (χ4v) is 3.11. The fraction of sp³-hybridized carbons (Fsp3) is 0.130. The van der Waals surface area contributed by atoms with E-state index < -0.39 is 5.97 Å². The molecule has 1 heterocycles. The molecule has 0 unspecified atom stereocenters. The Bertz CT molecular complexity index is 1220. The molecule has 30 heavy (non-hydrogen) atoms. The summed E-state index contributed by atoms with van der Waals surface area (Å²) in [7, 11) is 2.89. The Kier molecular flexibility index (Phi) is 5.34. The van der Waals surface area contributed by atoms with Gasteiger partial charge in [-0.1, -0.05) is 12.1 Å². The number of rotatable bonds is 6. The summed E-state index contributed by atoms with van der Waals surface area (Å²) in [5.74, 6) is 0.976. The number of benzene rings is 3. The third-order valence-corrected chi connectivity index (χ3v) is 4.62. The van der Waals surface area contributed by atoms with Crippen molar-refractivity contribution in [1.82, 2.24) is 9.97 Å². The normalized spacial score (nSPS) is 10.8. The van der Waals surface area contributed by atoms with Crippen LogP contribution in [0.4, 0.5) is 4.39 Å². The van der Waals surface area contributed by atoms with Gasteiger partial charge >= 0.3 is 5.97 Å². The van der Waals surface area contributed by atoms with Crippen molar-refractivity contribution in [3.63, 3.8) is 0 Å². The molecule has 1 N–H and O–H groups in total. The minimum atomic E-state index is -0.408. The average Bonchev–Trinajstić information content (AvgIpc) is 3.20. The molecule has 0 saturated carbocycles. The van der Waals surface area contributed by atoms with E-state index in [1.54, 1.807) is 49.6 Å². The van der Waals surface area contributed by atoms with Crippen molar-refractivity contribution in [3.8, 4) is 22.9 Å². The second-order valence-corrected chi connectivity index (χ2v) is 6.59. The second kappa shape index (κ2) is 8.24. The van der Waals surface area contributed by atoms with E-state index in [0.717, 1.165) is 22.2 Å². The molecule has 1 aromatic heterocycles. The summed E-state index contributed by atoms with van der Waals surface area (Å²) in [5, 5.41) is 0. The number of aromatic amines is 1.